The zero-order valence-electron chi connectivity index (χ0n) is 12.1. The molecule has 0 aromatic heterocycles. The van der Waals surface area contributed by atoms with E-state index in [1.165, 1.54) is 18.9 Å². The van der Waals surface area contributed by atoms with Gasteiger partial charge in [0, 0.05) is 18.7 Å². The zero-order valence-corrected chi connectivity index (χ0v) is 12.1. The summed E-state index contributed by atoms with van der Waals surface area (Å²) in [5.41, 5.74) is 1.36. The van der Waals surface area contributed by atoms with Gasteiger partial charge in [0.2, 0.25) is 0 Å². The van der Waals surface area contributed by atoms with Crippen molar-refractivity contribution in [2.24, 2.45) is 0 Å². The third-order valence-electron chi connectivity index (χ3n) is 4.04. The molecule has 5 nitrogen and oxygen atoms in total. The first kappa shape index (κ1) is 14.8. The predicted molar refractivity (Wildman–Crippen MR) is 79.0 cm³/mol. The van der Waals surface area contributed by atoms with Crippen LogP contribution in [0, 0.1) is 10.1 Å². The lowest BCUT2D eigenvalue weighted by Gasteiger charge is -2.29. The first-order valence-electron chi connectivity index (χ1n) is 7.23. The molecule has 2 rings (SSSR count). The summed E-state index contributed by atoms with van der Waals surface area (Å²) in [4.78, 5) is 13.1. The summed E-state index contributed by atoms with van der Waals surface area (Å²) in [6.45, 7) is 4.60. The average Bonchev–Trinajstić information content (AvgIpc) is 2.62. The van der Waals surface area contributed by atoms with Gasteiger partial charge >= 0.3 is 0 Å². The minimum atomic E-state index is -0.690. The predicted octanol–water partition coefficient (Wildman–Crippen LogP) is 3.42. The lowest BCUT2D eigenvalue weighted by atomic mass is 10.1. The topological polar surface area (TPSA) is 66.6 Å². The van der Waals surface area contributed by atoms with Gasteiger partial charge in [-0.05, 0) is 38.3 Å². The third kappa shape index (κ3) is 3.10. The van der Waals surface area contributed by atoms with Gasteiger partial charge in [0.1, 0.15) is 5.69 Å². The van der Waals surface area contributed by atoms with Gasteiger partial charge in [-0.25, -0.2) is 0 Å². The van der Waals surface area contributed by atoms with E-state index in [9.17, 15) is 15.2 Å². The van der Waals surface area contributed by atoms with Gasteiger partial charge < -0.3 is 10.0 Å². The Morgan fingerprint density at radius 2 is 2.15 bits per heavy atom. The highest BCUT2D eigenvalue weighted by Gasteiger charge is 2.25. The molecule has 0 bridgehead atoms. The van der Waals surface area contributed by atoms with Crippen LogP contribution in [-0.2, 0) is 0 Å². The van der Waals surface area contributed by atoms with Gasteiger partial charge in [-0.3, -0.25) is 10.1 Å². The second kappa shape index (κ2) is 6.22. The Kier molecular flexibility index (Phi) is 4.60. The molecule has 1 aliphatic heterocycles. The Morgan fingerprint density at radius 1 is 1.40 bits per heavy atom. The number of benzene rings is 1. The average molecular weight is 278 g/mol. The van der Waals surface area contributed by atoms with E-state index >= 15 is 0 Å². The fourth-order valence-corrected chi connectivity index (χ4v) is 2.82. The van der Waals surface area contributed by atoms with Gasteiger partial charge in [-0.15, -0.1) is 0 Å². The van der Waals surface area contributed by atoms with E-state index in [0.717, 1.165) is 19.4 Å². The summed E-state index contributed by atoms with van der Waals surface area (Å²) in [5.74, 6) is 0. The van der Waals surface area contributed by atoms with Crippen molar-refractivity contribution < 1.29 is 10.0 Å². The Hall–Kier alpha value is -1.62. The maximum atomic E-state index is 11.3. The van der Waals surface area contributed by atoms with Gasteiger partial charge in [0.15, 0.2) is 0 Å². The van der Waals surface area contributed by atoms with E-state index in [4.69, 9.17) is 0 Å². The van der Waals surface area contributed by atoms with Crippen LogP contribution in [0.25, 0.3) is 0 Å². The van der Waals surface area contributed by atoms with E-state index in [0.29, 0.717) is 17.3 Å². The van der Waals surface area contributed by atoms with Crippen molar-refractivity contribution >= 4 is 11.4 Å². The number of rotatable bonds is 3. The number of hydrogen-bond acceptors (Lipinski definition) is 4. The molecule has 0 saturated carbocycles. The molecule has 110 valence electrons. The fraction of sp³-hybridized carbons (Fsp3) is 0.600. The molecule has 1 aliphatic rings. The summed E-state index contributed by atoms with van der Waals surface area (Å²) in [7, 11) is 0. The molecule has 0 amide bonds. The van der Waals surface area contributed by atoms with E-state index < -0.39 is 6.10 Å². The Morgan fingerprint density at radius 3 is 2.80 bits per heavy atom. The van der Waals surface area contributed by atoms with E-state index in [-0.39, 0.29) is 10.6 Å². The van der Waals surface area contributed by atoms with Crippen molar-refractivity contribution in [1.82, 2.24) is 0 Å². The van der Waals surface area contributed by atoms with Crippen LogP contribution in [-0.4, -0.2) is 22.6 Å². The summed E-state index contributed by atoms with van der Waals surface area (Å²) in [6, 6.07) is 5.37. The Balaban J connectivity index is 2.41. The third-order valence-corrected chi connectivity index (χ3v) is 4.04. The maximum absolute atomic E-state index is 11.3. The van der Waals surface area contributed by atoms with Crippen LogP contribution in [0.5, 0.6) is 0 Å². The lowest BCUT2D eigenvalue weighted by Crippen LogP contribution is -2.33. The Bertz CT molecular complexity index is 488. The molecule has 1 heterocycles. The lowest BCUT2D eigenvalue weighted by molar-refractivity contribution is -0.384. The van der Waals surface area contributed by atoms with E-state index in [1.54, 1.807) is 19.1 Å². The van der Waals surface area contributed by atoms with Gasteiger partial charge in [-0.2, -0.15) is 0 Å². The number of nitro groups is 1. The maximum Gasteiger partial charge on any atom is 0.292 e. The molecule has 1 aromatic rings. The minimum Gasteiger partial charge on any atom is -0.389 e. The van der Waals surface area contributed by atoms with Crippen molar-refractivity contribution in [2.45, 2.75) is 51.7 Å². The quantitative estimate of drug-likeness (QED) is 0.679. The highest BCUT2D eigenvalue weighted by Crippen LogP contribution is 2.34. The van der Waals surface area contributed by atoms with Crippen LogP contribution in [0.2, 0.25) is 0 Å². The summed E-state index contributed by atoms with van der Waals surface area (Å²) in [5, 5.41) is 20.9. The molecule has 1 aromatic carbocycles. The largest absolute Gasteiger partial charge is 0.389 e. The van der Waals surface area contributed by atoms with Crippen LogP contribution >= 0.6 is 0 Å². The van der Waals surface area contributed by atoms with Crippen molar-refractivity contribution in [3.05, 3.63) is 33.9 Å². The van der Waals surface area contributed by atoms with Gasteiger partial charge in [0.25, 0.3) is 5.69 Å². The van der Waals surface area contributed by atoms with Gasteiger partial charge in [0.05, 0.1) is 11.0 Å². The number of anilines is 1. The SMILES string of the molecule is CC1CCCCCN1c1ccc([C@H](C)O)cc1[N+](=O)[O-]. The number of hydrogen-bond donors (Lipinski definition) is 1. The van der Waals surface area contributed by atoms with E-state index in [2.05, 4.69) is 11.8 Å². The fourth-order valence-electron chi connectivity index (χ4n) is 2.82. The van der Waals surface area contributed by atoms with Crippen LogP contribution < -0.4 is 4.90 Å². The molecule has 1 saturated heterocycles. The normalized spacial score (nSPS) is 21.4. The molecule has 0 spiro atoms. The molecule has 0 radical (unpaired) electrons. The smallest absolute Gasteiger partial charge is 0.292 e. The standard InChI is InChI=1S/C15H22N2O3/c1-11-6-4-3-5-9-16(11)14-8-7-13(12(2)18)10-15(14)17(19)20/h7-8,10-12,18H,3-6,9H2,1-2H3/t11?,12-/m0/s1. The summed E-state index contributed by atoms with van der Waals surface area (Å²) >= 11 is 0. The highest BCUT2D eigenvalue weighted by atomic mass is 16.6. The van der Waals surface area contributed by atoms with Crippen LogP contribution in [0.15, 0.2) is 18.2 Å². The second-order valence-corrected chi connectivity index (χ2v) is 5.57. The van der Waals surface area contributed by atoms with Crippen LogP contribution in [0.4, 0.5) is 11.4 Å². The van der Waals surface area contributed by atoms with Crippen molar-refractivity contribution in [1.29, 1.82) is 0 Å². The van der Waals surface area contributed by atoms with Crippen molar-refractivity contribution in [3.63, 3.8) is 0 Å². The first-order valence-corrected chi connectivity index (χ1v) is 7.23. The van der Waals surface area contributed by atoms with Crippen molar-refractivity contribution in [3.8, 4) is 0 Å². The highest BCUT2D eigenvalue weighted by molar-refractivity contribution is 5.65. The minimum absolute atomic E-state index is 0.0946. The molecule has 20 heavy (non-hydrogen) atoms. The van der Waals surface area contributed by atoms with Crippen molar-refractivity contribution in [2.75, 3.05) is 11.4 Å². The number of nitro benzene ring substituents is 1. The molecule has 0 aliphatic carbocycles. The number of nitrogens with zero attached hydrogens (tertiary/aromatic N) is 2. The molecule has 1 fully saturated rings. The Labute approximate surface area is 119 Å². The van der Waals surface area contributed by atoms with Crippen LogP contribution in [0.1, 0.15) is 51.2 Å². The molecule has 1 unspecified atom stereocenters. The first-order chi connectivity index (χ1) is 9.50. The molecule has 5 heteroatoms. The second-order valence-electron chi connectivity index (χ2n) is 5.57. The number of aliphatic hydroxyl groups is 1. The van der Waals surface area contributed by atoms with Crippen LogP contribution in [0.3, 0.4) is 0 Å². The summed E-state index contributed by atoms with van der Waals surface area (Å²) in [6.07, 6.45) is 3.80. The summed E-state index contributed by atoms with van der Waals surface area (Å²) < 4.78 is 0. The van der Waals surface area contributed by atoms with Gasteiger partial charge in [-0.1, -0.05) is 18.9 Å². The number of aliphatic hydroxyl groups excluding tert-OH is 1. The molecule has 1 N–H and O–H groups in total. The molecular weight excluding hydrogens is 256 g/mol. The molecular formula is C15H22N2O3. The van der Waals surface area contributed by atoms with E-state index in [1.807, 2.05) is 0 Å². The zero-order chi connectivity index (χ0) is 14.7. The monoisotopic (exact) mass is 278 g/mol. The molecule has 2 atom stereocenters.